The molecule has 3 aromatic rings. The summed E-state index contributed by atoms with van der Waals surface area (Å²) in [7, 11) is 0. The van der Waals surface area contributed by atoms with Crippen LogP contribution in [0.3, 0.4) is 0 Å². The zero-order chi connectivity index (χ0) is 22.3. The van der Waals surface area contributed by atoms with Crippen LogP contribution in [0.5, 0.6) is 17.2 Å². The van der Waals surface area contributed by atoms with Gasteiger partial charge >= 0.3 is 6.36 Å². The third kappa shape index (κ3) is 4.11. The van der Waals surface area contributed by atoms with Gasteiger partial charge in [-0.15, -0.1) is 13.2 Å². The Hall–Kier alpha value is -3.59. The molecule has 0 radical (unpaired) electrons. The number of aliphatic imine (C=N–C) groups is 1. The molecule has 0 amide bonds. The van der Waals surface area contributed by atoms with Gasteiger partial charge in [0.1, 0.15) is 23.0 Å². The van der Waals surface area contributed by atoms with E-state index >= 15 is 0 Å². The van der Waals surface area contributed by atoms with Gasteiger partial charge in [-0.05, 0) is 47.9 Å². The van der Waals surface area contributed by atoms with Crippen molar-refractivity contribution in [3.05, 3.63) is 60.3 Å². The van der Waals surface area contributed by atoms with Crippen molar-refractivity contribution in [2.45, 2.75) is 18.9 Å². The highest BCUT2D eigenvalue weighted by molar-refractivity contribution is 5.96. The van der Waals surface area contributed by atoms with Gasteiger partial charge in [-0.3, -0.25) is 4.99 Å². The molecule has 3 heterocycles. The molecule has 0 aliphatic carbocycles. The molecule has 1 saturated heterocycles. The van der Waals surface area contributed by atoms with Gasteiger partial charge in [0.2, 0.25) is 0 Å². The van der Waals surface area contributed by atoms with Gasteiger partial charge in [-0.25, -0.2) is 4.98 Å². The minimum atomic E-state index is -4.79. The SMILES string of the molecule is OC1CCN(c2cc(-c3cccc4c3C=Nc3cc(OC(F)(F)F)ccc3O4)ccn2)C1. The minimum Gasteiger partial charge on any atom is -0.454 e. The first-order chi connectivity index (χ1) is 15.4. The van der Waals surface area contributed by atoms with Crippen LogP contribution in [0.1, 0.15) is 12.0 Å². The molecule has 164 valence electrons. The standard InChI is InChI=1S/C23H18F3N3O3/c24-23(25,26)32-16-4-5-21-19(11-16)28-12-18-17(2-1-3-20(18)31-21)14-6-8-27-22(10-14)29-9-7-15(30)13-29/h1-6,8,10-12,15,30H,7,9,13H2. The van der Waals surface area contributed by atoms with Crippen LogP contribution >= 0.6 is 0 Å². The number of rotatable bonds is 3. The summed E-state index contributed by atoms with van der Waals surface area (Å²) >= 11 is 0. The van der Waals surface area contributed by atoms with Crippen molar-refractivity contribution in [2.24, 2.45) is 4.99 Å². The number of ether oxygens (including phenoxy) is 2. The Morgan fingerprint density at radius 3 is 2.75 bits per heavy atom. The van der Waals surface area contributed by atoms with Crippen LogP contribution in [-0.2, 0) is 0 Å². The van der Waals surface area contributed by atoms with Gasteiger partial charge in [0.05, 0.1) is 6.10 Å². The number of hydrogen-bond acceptors (Lipinski definition) is 6. The summed E-state index contributed by atoms with van der Waals surface area (Å²) in [6.07, 6.45) is -1.17. The maximum absolute atomic E-state index is 12.6. The van der Waals surface area contributed by atoms with Crippen molar-refractivity contribution in [3.8, 4) is 28.4 Å². The second-order valence-corrected chi connectivity index (χ2v) is 7.55. The molecule has 0 saturated carbocycles. The van der Waals surface area contributed by atoms with E-state index in [0.29, 0.717) is 30.0 Å². The Balaban J connectivity index is 1.50. The zero-order valence-corrected chi connectivity index (χ0v) is 16.7. The lowest BCUT2D eigenvalue weighted by Gasteiger charge is -2.18. The average Bonchev–Trinajstić information content (AvgIpc) is 3.10. The first-order valence-corrected chi connectivity index (χ1v) is 10.00. The summed E-state index contributed by atoms with van der Waals surface area (Å²) in [4.78, 5) is 10.8. The average molecular weight is 441 g/mol. The van der Waals surface area contributed by atoms with Crippen LogP contribution in [0, 0.1) is 0 Å². The van der Waals surface area contributed by atoms with Crippen molar-refractivity contribution < 1.29 is 27.8 Å². The number of pyridine rings is 1. The predicted octanol–water partition coefficient (Wildman–Crippen LogP) is 5.07. The van der Waals surface area contributed by atoms with Crippen LogP contribution in [0.15, 0.2) is 59.7 Å². The quantitative estimate of drug-likeness (QED) is 0.481. The molecule has 1 N–H and O–H groups in total. The second-order valence-electron chi connectivity index (χ2n) is 7.55. The van der Waals surface area contributed by atoms with Crippen LogP contribution in [0.25, 0.3) is 11.1 Å². The van der Waals surface area contributed by atoms with Gasteiger partial charge in [0, 0.05) is 37.1 Å². The van der Waals surface area contributed by atoms with E-state index in [0.717, 1.165) is 23.5 Å². The van der Waals surface area contributed by atoms with Crippen molar-refractivity contribution in [3.63, 3.8) is 0 Å². The monoisotopic (exact) mass is 441 g/mol. The Labute approximate surface area is 181 Å². The number of hydrogen-bond donors (Lipinski definition) is 1. The molecule has 0 bridgehead atoms. The third-order valence-corrected chi connectivity index (χ3v) is 5.33. The smallest absolute Gasteiger partial charge is 0.454 e. The Bertz CT molecular complexity index is 1200. The molecule has 1 atom stereocenters. The fourth-order valence-electron chi connectivity index (χ4n) is 3.86. The molecule has 9 heteroatoms. The normalized spacial score (nSPS) is 17.4. The van der Waals surface area contributed by atoms with E-state index in [-0.39, 0.29) is 17.5 Å². The highest BCUT2D eigenvalue weighted by atomic mass is 19.4. The summed E-state index contributed by atoms with van der Waals surface area (Å²) in [6.45, 7) is 1.26. The molecular weight excluding hydrogens is 423 g/mol. The molecule has 1 unspecified atom stereocenters. The lowest BCUT2D eigenvalue weighted by Crippen LogP contribution is -2.22. The molecule has 1 fully saturated rings. The number of fused-ring (bicyclic) bond motifs is 2. The molecule has 1 aromatic heterocycles. The minimum absolute atomic E-state index is 0.232. The van der Waals surface area contributed by atoms with E-state index in [9.17, 15) is 18.3 Å². The number of β-amino-alcohol motifs (C(OH)–C–C–N with tert-alkyl or cyclic N) is 1. The number of benzene rings is 2. The number of anilines is 1. The molecule has 5 rings (SSSR count). The Morgan fingerprint density at radius 1 is 1.09 bits per heavy atom. The van der Waals surface area contributed by atoms with Gasteiger partial charge in [-0.1, -0.05) is 12.1 Å². The number of aliphatic hydroxyl groups is 1. The number of aliphatic hydroxyl groups excluding tert-OH is 1. The van der Waals surface area contributed by atoms with Gasteiger partial charge < -0.3 is 19.5 Å². The zero-order valence-electron chi connectivity index (χ0n) is 16.7. The van der Waals surface area contributed by atoms with E-state index in [1.165, 1.54) is 18.2 Å². The van der Waals surface area contributed by atoms with Crippen molar-refractivity contribution in [1.82, 2.24) is 4.98 Å². The first-order valence-electron chi connectivity index (χ1n) is 10.00. The molecular formula is C23H18F3N3O3. The number of aromatic nitrogens is 1. The van der Waals surface area contributed by atoms with E-state index in [2.05, 4.69) is 14.7 Å². The molecule has 32 heavy (non-hydrogen) atoms. The van der Waals surface area contributed by atoms with E-state index in [1.54, 1.807) is 18.5 Å². The van der Waals surface area contributed by atoms with E-state index in [1.807, 2.05) is 29.2 Å². The van der Waals surface area contributed by atoms with Crippen LogP contribution in [0.4, 0.5) is 24.7 Å². The summed E-state index contributed by atoms with van der Waals surface area (Å²) in [5.41, 5.74) is 2.65. The van der Waals surface area contributed by atoms with Crippen molar-refractivity contribution >= 4 is 17.7 Å². The Morgan fingerprint density at radius 2 is 1.97 bits per heavy atom. The highest BCUT2D eigenvalue weighted by Crippen LogP contribution is 2.41. The van der Waals surface area contributed by atoms with Gasteiger partial charge in [-0.2, -0.15) is 0 Å². The maximum Gasteiger partial charge on any atom is 0.573 e. The fraction of sp³-hybridized carbons (Fsp3) is 0.217. The lowest BCUT2D eigenvalue weighted by molar-refractivity contribution is -0.274. The molecule has 2 aliphatic rings. The Kier molecular flexibility index (Phi) is 4.97. The fourth-order valence-corrected chi connectivity index (χ4v) is 3.86. The third-order valence-electron chi connectivity index (χ3n) is 5.33. The summed E-state index contributed by atoms with van der Waals surface area (Å²) in [5.74, 6) is 1.26. The molecule has 2 aliphatic heterocycles. The number of alkyl halides is 3. The number of nitrogens with zero attached hydrogens (tertiary/aromatic N) is 3. The second kappa shape index (κ2) is 7.83. The largest absolute Gasteiger partial charge is 0.573 e. The lowest BCUT2D eigenvalue weighted by atomic mass is 10.00. The van der Waals surface area contributed by atoms with Crippen molar-refractivity contribution in [2.75, 3.05) is 18.0 Å². The number of halogens is 3. The predicted molar refractivity (Wildman–Crippen MR) is 113 cm³/mol. The molecule has 2 aromatic carbocycles. The van der Waals surface area contributed by atoms with Crippen molar-refractivity contribution in [1.29, 1.82) is 0 Å². The van der Waals surface area contributed by atoms with Crippen LogP contribution in [0.2, 0.25) is 0 Å². The van der Waals surface area contributed by atoms with E-state index < -0.39 is 6.36 Å². The summed E-state index contributed by atoms with van der Waals surface area (Å²) < 4.78 is 47.6. The first kappa shape index (κ1) is 20.3. The summed E-state index contributed by atoms with van der Waals surface area (Å²) in [5, 5.41) is 9.83. The molecule has 0 spiro atoms. The topological polar surface area (TPSA) is 67.2 Å². The summed E-state index contributed by atoms with van der Waals surface area (Å²) in [6, 6.07) is 13.1. The maximum atomic E-state index is 12.6. The van der Waals surface area contributed by atoms with Crippen LogP contribution < -0.4 is 14.4 Å². The highest BCUT2D eigenvalue weighted by Gasteiger charge is 2.31. The van der Waals surface area contributed by atoms with E-state index in [4.69, 9.17) is 4.74 Å². The van der Waals surface area contributed by atoms with Crippen LogP contribution in [-0.4, -0.2) is 41.9 Å². The molecule has 6 nitrogen and oxygen atoms in total. The van der Waals surface area contributed by atoms with Gasteiger partial charge in [0.15, 0.2) is 5.75 Å². The van der Waals surface area contributed by atoms with Gasteiger partial charge in [0.25, 0.3) is 0 Å².